The summed E-state index contributed by atoms with van der Waals surface area (Å²) in [5, 5.41) is 3.43. The number of hydrogen-bond acceptors (Lipinski definition) is 6. The van der Waals surface area contributed by atoms with Crippen LogP contribution >= 0.6 is 10.0 Å². The van der Waals surface area contributed by atoms with E-state index in [9.17, 15) is 4.79 Å². The number of Topliss-reactive ketones (excluding diaryl/α,β-unsaturated/α-hetero) is 1. The molecule has 4 rings (SSSR count). The van der Waals surface area contributed by atoms with Gasteiger partial charge in [0, 0.05) is 49.1 Å². The molecule has 0 amide bonds. The first-order chi connectivity index (χ1) is 17.4. The first kappa shape index (κ1) is 27.8. The van der Waals surface area contributed by atoms with E-state index in [4.69, 9.17) is 14.7 Å². The lowest BCUT2D eigenvalue weighted by molar-refractivity contribution is 0.0852. The number of nitrogens with one attached hydrogen (secondary N) is 1. The van der Waals surface area contributed by atoms with Crippen LogP contribution in [0.5, 0.6) is 0 Å². The van der Waals surface area contributed by atoms with E-state index in [2.05, 4.69) is 66.3 Å². The Labute approximate surface area is 223 Å². The molecule has 1 fully saturated rings. The van der Waals surface area contributed by atoms with Crippen LogP contribution < -0.4 is 5.32 Å². The molecule has 0 spiro atoms. The smallest absolute Gasteiger partial charge is 0.171 e. The second-order valence-corrected chi connectivity index (χ2v) is 16.7. The van der Waals surface area contributed by atoms with Gasteiger partial charge in [-0.3, -0.25) is 9.69 Å². The molecule has 7 nitrogen and oxygen atoms in total. The van der Waals surface area contributed by atoms with Crippen LogP contribution in [0, 0.1) is 5.41 Å². The fourth-order valence-electron chi connectivity index (χ4n) is 4.58. The second kappa shape index (κ2) is 10.8. The van der Waals surface area contributed by atoms with Crippen molar-refractivity contribution in [2.75, 3.05) is 57.3 Å². The predicted octanol–water partition coefficient (Wildman–Crippen LogP) is 4.50. The molecule has 0 bridgehead atoms. The first-order valence-corrected chi connectivity index (χ1v) is 16.1. The molecule has 1 atom stereocenters. The highest BCUT2D eigenvalue weighted by molar-refractivity contribution is 8.32. The van der Waals surface area contributed by atoms with Crippen molar-refractivity contribution in [3.8, 4) is 0 Å². The van der Waals surface area contributed by atoms with Crippen molar-refractivity contribution < 1.29 is 9.53 Å². The maximum absolute atomic E-state index is 13.4. The van der Waals surface area contributed by atoms with E-state index in [0.717, 1.165) is 43.2 Å². The van der Waals surface area contributed by atoms with Crippen LogP contribution in [0.25, 0.3) is 16.7 Å². The molecule has 0 saturated carbocycles. The molecule has 1 unspecified atom stereocenters. The molecule has 1 N–H and O–H groups in total. The van der Waals surface area contributed by atoms with E-state index in [1.54, 1.807) is 6.20 Å². The van der Waals surface area contributed by atoms with Crippen LogP contribution in [0.15, 0.2) is 42.8 Å². The topological polar surface area (TPSA) is 72.3 Å². The third-order valence-corrected chi connectivity index (χ3v) is 8.36. The molecule has 37 heavy (non-hydrogen) atoms. The van der Waals surface area contributed by atoms with Crippen molar-refractivity contribution >= 4 is 32.5 Å². The molecule has 2 aliphatic rings. The highest BCUT2D eigenvalue weighted by Crippen LogP contribution is 2.34. The SMILES string of the molecule is CC(C)(C)C(=O)c1cn(COCCS(C)(C)C)c2ncc(C3=CC=CC(C)(N4CCNCC4)C=C3)nc12. The summed E-state index contributed by atoms with van der Waals surface area (Å²) in [4.78, 5) is 25.7. The lowest BCUT2D eigenvalue weighted by atomic mass is 9.87. The van der Waals surface area contributed by atoms with Gasteiger partial charge in [0.05, 0.1) is 29.6 Å². The van der Waals surface area contributed by atoms with Crippen molar-refractivity contribution in [2.24, 2.45) is 5.41 Å². The summed E-state index contributed by atoms with van der Waals surface area (Å²) in [5.74, 6) is 1.09. The number of fused-ring (bicyclic) bond motifs is 1. The molecule has 2 aromatic rings. The van der Waals surface area contributed by atoms with Crippen molar-refractivity contribution in [3.05, 3.63) is 54.0 Å². The number of rotatable bonds is 8. The number of ether oxygens (including phenoxy) is 1. The Morgan fingerprint density at radius 1 is 1.19 bits per heavy atom. The van der Waals surface area contributed by atoms with Gasteiger partial charge >= 0.3 is 0 Å². The fraction of sp³-hybridized carbons (Fsp3) is 0.552. The number of allylic oxidation sites excluding steroid dienone is 4. The maximum Gasteiger partial charge on any atom is 0.171 e. The van der Waals surface area contributed by atoms with Crippen LogP contribution in [0.4, 0.5) is 0 Å². The first-order valence-electron chi connectivity index (χ1n) is 13.1. The number of piperazine rings is 1. The van der Waals surface area contributed by atoms with Crippen molar-refractivity contribution in [1.82, 2.24) is 24.8 Å². The molecule has 1 saturated heterocycles. The average molecular weight is 526 g/mol. The van der Waals surface area contributed by atoms with E-state index >= 15 is 0 Å². The van der Waals surface area contributed by atoms with Gasteiger partial charge in [-0.2, -0.15) is 0 Å². The number of ketones is 1. The molecule has 1 aliphatic heterocycles. The number of aromatic nitrogens is 3. The highest BCUT2D eigenvalue weighted by Gasteiger charge is 2.30. The van der Waals surface area contributed by atoms with E-state index in [1.807, 2.05) is 31.5 Å². The van der Waals surface area contributed by atoms with Crippen LogP contribution in [0.3, 0.4) is 0 Å². The highest BCUT2D eigenvalue weighted by atomic mass is 32.3. The average Bonchev–Trinajstić information content (AvgIpc) is 3.07. The minimum atomic E-state index is -0.626. The zero-order valence-electron chi connectivity index (χ0n) is 23.5. The fourth-order valence-corrected chi connectivity index (χ4v) is 5.19. The Kier molecular flexibility index (Phi) is 8.14. The van der Waals surface area contributed by atoms with Crippen molar-refractivity contribution in [3.63, 3.8) is 0 Å². The predicted molar refractivity (Wildman–Crippen MR) is 157 cm³/mol. The van der Waals surface area contributed by atoms with Crippen LogP contribution in [-0.4, -0.2) is 88.1 Å². The minimum absolute atomic E-state index is 0.0541. The summed E-state index contributed by atoms with van der Waals surface area (Å²) < 4.78 is 7.91. The molecule has 1 aliphatic carbocycles. The molecular weight excluding hydrogens is 482 g/mol. The normalized spacial score (nSPS) is 21.8. The lowest BCUT2D eigenvalue weighted by Crippen LogP contribution is -2.53. The van der Waals surface area contributed by atoms with Gasteiger partial charge in [-0.1, -0.05) is 51.2 Å². The van der Waals surface area contributed by atoms with Crippen LogP contribution in [0.2, 0.25) is 0 Å². The molecule has 202 valence electrons. The number of carbonyl (C=O) groups is 1. The van der Waals surface area contributed by atoms with Gasteiger partial charge in [-0.25, -0.2) is 20.0 Å². The van der Waals surface area contributed by atoms with E-state index in [1.165, 1.54) is 0 Å². The van der Waals surface area contributed by atoms with Gasteiger partial charge in [-0.15, -0.1) is 0 Å². The monoisotopic (exact) mass is 525 g/mol. The summed E-state index contributed by atoms with van der Waals surface area (Å²) in [6.45, 7) is 13.1. The zero-order chi connectivity index (χ0) is 26.8. The second-order valence-electron chi connectivity index (χ2n) is 12.1. The summed E-state index contributed by atoms with van der Waals surface area (Å²) in [5.41, 5.74) is 2.98. The molecule has 3 heterocycles. The van der Waals surface area contributed by atoms with Gasteiger partial charge in [0.1, 0.15) is 12.2 Å². The summed E-state index contributed by atoms with van der Waals surface area (Å²) in [6, 6.07) is 0. The van der Waals surface area contributed by atoms with Gasteiger partial charge in [0.25, 0.3) is 0 Å². The summed E-state index contributed by atoms with van der Waals surface area (Å²) >= 11 is 0. The summed E-state index contributed by atoms with van der Waals surface area (Å²) in [7, 11) is -0.626. The summed E-state index contributed by atoms with van der Waals surface area (Å²) in [6.07, 6.45) is 21.3. The Hall–Kier alpha value is -2.26. The Morgan fingerprint density at radius 3 is 2.59 bits per heavy atom. The molecular formula is C29H43N5O2S. The zero-order valence-corrected chi connectivity index (χ0v) is 24.3. The molecule has 0 aromatic carbocycles. The third kappa shape index (κ3) is 6.60. The van der Waals surface area contributed by atoms with Gasteiger partial charge in [0.2, 0.25) is 0 Å². The van der Waals surface area contributed by atoms with Gasteiger partial charge < -0.3 is 14.6 Å². The van der Waals surface area contributed by atoms with Crippen molar-refractivity contribution in [1.29, 1.82) is 0 Å². The number of hydrogen-bond donors (Lipinski definition) is 1. The van der Waals surface area contributed by atoms with Gasteiger partial charge in [0.15, 0.2) is 11.4 Å². The van der Waals surface area contributed by atoms with Crippen molar-refractivity contribution in [2.45, 2.75) is 40.0 Å². The van der Waals surface area contributed by atoms with E-state index in [0.29, 0.717) is 30.1 Å². The minimum Gasteiger partial charge on any atom is -0.360 e. The maximum atomic E-state index is 13.4. The lowest BCUT2D eigenvalue weighted by Gasteiger charge is -2.39. The van der Waals surface area contributed by atoms with Crippen LogP contribution in [-0.2, 0) is 11.5 Å². The Morgan fingerprint density at radius 2 is 1.92 bits per heavy atom. The van der Waals surface area contributed by atoms with Gasteiger partial charge in [-0.05, 0) is 25.7 Å². The quantitative estimate of drug-likeness (QED) is 0.404. The standard InChI is InChI=1S/C29H43N5O2S/c1-28(2,3)26(35)23-20-33(21-36-17-18-37(5,6)7)27-25(23)32-24(19-31-27)22-9-8-11-29(4,12-10-22)34-15-13-30-14-16-34/h8-12,19-20,30H,13-18,21H2,1-7H3. The molecule has 8 heteroatoms. The molecule has 2 aromatic heterocycles. The van der Waals surface area contributed by atoms with E-state index in [-0.39, 0.29) is 11.3 Å². The Balaban J connectivity index is 1.64. The third-order valence-electron chi connectivity index (χ3n) is 6.97. The van der Waals surface area contributed by atoms with E-state index < -0.39 is 15.4 Å². The number of carbonyl (C=O) groups excluding carboxylic acids is 1. The largest absolute Gasteiger partial charge is 0.360 e. The molecule has 0 radical (unpaired) electrons. The van der Waals surface area contributed by atoms with Crippen LogP contribution in [0.1, 0.15) is 43.7 Å². The number of nitrogens with zero attached hydrogens (tertiary/aromatic N) is 4. The Bertz CT molecular complexity index is 1230.